The van der Waals surface area contributed by atoms with Crippen LogP contribution in [0.1, 0.15) is 61.7 Å². The highest BCUT2D eigenvalue weighted by atomic mass is 32.1. The predicted octanol–water partition coefficient (Wildman–Crippen LogP) is 3.03. The molecule has 24 heavy (non-hydrogen) atoms. The number of aromatic nitrogens is 1. The second kappa shape index (κ2) is 7.17. The highest BCUT2D eigenvalue weighted by molar-refractivity contribution is 7.09. The minimum Gasteiger partial charge on any atom is -0.472 e. The van der Waals surface area contributed by atoms with Crippen molar-refractivity contribution in [2.75, 3.05) is 0 Å². The van der Waals surface area contributed by atoms with Gasteiger partial charge in [0.2, 0.25) is 5.91 Å². The molecular weight excluding hydrogens is 326 g/mol. The topological polar surface area (TPSA) is 84.2 Å². The summed E-state index contributed by atoms with van der Waals surface area (Å²) in [5.74, 6) is -0.602. The number of furan rings is 1. The number of hydrogen-bond acceptors (Lipinski definition) is 5. The lowest BCUT2D eigenvalue weighted by atomic mass is 9.93. The number of hydrogen-bond donors (Lipinski definition) is 2. The van der Waals surface area contributed by atoms with Gasteiger partial charge >= 0.3 is 0 Å². The van der Waals surface area contributed by atoms with Crippen molar-refractivity contribution in [3.05, 3.63) is 40.2 Å². The smallest absolute Gasteiger partial charge is 0.255 e. The number of thiazole rings is 1. The number of nitrogens with one attached hydrogen (secondary N) is 2. The molecule has 0 radical (unpaired) electrons. The molecule has 2 rings (SSSR count). The normalized spacial score (nSPS) is 14.0. The van der Waals surface area contributed by atoms with Crippen LogP contribution in [0.15, 0.2) is 28.4 Å². The first-order valence-electron chi connectivity index (χ1n) is 7.78. The van der Waals surface area contributed by atoms with Crippen molar-refractivity contribution < 1.29 is 14.0 Å². The fraction of sp³-hybridized carbons (Fsp3) is 0.471. The third-order valence-electron chi connectivity index (χ3n) is 3.54. The molecule has 130 valence electrons. The van der Waals surface area contributed by atoms with E-state index in [1.807, 2.05) is 12.3 Å². The summed E-state index contributed by atoms with van der Waals surface area (Å²) in [6.07, 6.45) is 2.75. The Labute approximate surface area is 145 Å². The van der Waals surface area contributed by atoms with Crippen LogP contribution >= 0.6 is 11.3 Å². The van der Waals surface area contributed by atoms with Crippen LogP contribution in [-0.2, 0) is 10.2 Å². The summed E-state index contributed by atoms with van der Waals surface area (Å²) in [6, 6.07) is 0.676. The van der Waals surface area contributed by atoms with E-state index in [2.05, 4.69) is 36.4 Å². The molecule has 0 spiro atoms. The average molecular weight is 349 g/mol. The van der Waals surface area contributed by atoms with E-state index in [-0.39, 0.29) is 23.3 Å². The van der Waals surface area contributed by atoms with Crippen LogP contribution < -0.4 is 10.6 Å². The standard InChI is InChI=1S/C17H23N3O3S/c1-10(18-15(22)12-6-7-23-8-12)14(21)19-11(2)16-20-13(9-24-16)17(3,4)5/h6-11H,1-5H3,(H,18,22)(H,19,21)/t10-,11-/m0/s1. The second-order valence-electron chi connectivity index (χ2n) is 6.76. The molecule has 0 unspecified atom stereocenters. The van der Waals surface area contributed by atoms with Gasteiger partial charge in [0.15, 0.2) is 0 Å². The van der Waals surface area contributed by atoms with Crippen LogP contribution in [0.4, 0.5) is 0 Å². The first kappa shape index (κ1) is 18.2. The lowest BCUT2D eigenvalue weighted by molar-refractivity contribution is -0.123. The zero-order chi connectivity index (χ0) is 17.9. The molecule has 2 amide bonds. The number of carbonyl (C=O) groups is 2. The Bertz CT molecular complexity index is 701. The molecule has 0 aliphatic rings. The van der Waals surface area contributed by atoms with Crippen molar-refractivity contribution in [3.8, 4) is 0 Å². The highest BCUT2D eigenvalue weighted by Crippen LogP contribution is 2.26. The molecule has 0 aromatic carbocycles. The zero-order valence-electron chi connectivity index (χ0n) is 14.5. The van der Waals surface area contributed by atoms with Crippen molar-refractivity contribution in [1.29, 1.82) is 0 Å². The molecule has 2 N–H and O–H groups in total. The molecule has 0 aliphatic heterocycles. The van der Waals surface area contributed by atoms with E-state index in [1.54, 1.807) is 13.0 Å². The minimum atomic E-state index is -0.656. The van der Waals surface area contributed by atoms with Gasteiger partial charge in [0.05, 0.1) is 23.6 Å². The lowest BCUT2D eigenvalue weighted by Crippen LogP contribution is -2.45. The first-order chi connectivity index (χ1) is 11.2. The number of amides is 2. The molecule has 2 aromatic heterocycles. The summed E-state index contributed by atoms with van der Waals surface area (Å²) in [6.45, 7) is 9.82. The Morgan fingerprint density at radius 2 is 1.96 bits per heavy atom. The molecule has 2 atom stereocenters. The van der Waals surface area contributed by atoms with E-state index in [0.29, 0.717) is 5.56 Å². The van der Waals surface area contributed by atoms with Crippen LogP contribution in [-0.4, -0.2) is 22.8 Å². The lowest BCUT2D eigenvalue weighted by Gasteiger charge is -2.17. The van der Waals surface area contributed by atoms with Gasteiger partial charge in [0, 0.05) is 10.8 Å². The van der Waals surface area contributed by atoms with E-state index in [1.165, 1.54) is 23.9 Å². The van der Waals surface area contributed by atoms with Crippen molar-refractivity contribution >= 4 is 23.2 Å². The van der Waals surface area contributed by atoms with Gasteiger partial charge in [-0.2, -0.15) is 0 Å². The summed E-state index contributed by atoms with van der Waals surface area (Å²) in [4.78, 5) is 28.8. The second-order valence-corrected chi connectivity index (χ2v) is 7.65. The van der Waals surface area contributed by atoms with Crippen molar-refractivity contribution in [1.82, 2.24) is 15.6 Å². The van der Waals surface area contributed by atoms with Gasteiger partial charge in [-0.15, -0.1) is 11.3 Å². The van der Waals surface area contributed by atoms with Gasteiger partial charge in [-0.3, -0.25) is 9.59 Å². The Kier molecular flexibility index (Phi) is 5.43. The molecule has 2 heterocycles. The van der Waals surface area contributed by atoms with Crippen LogP contribution in [0.2, 0.25) is 0 Å². The number of rotatable bonds is 5. The van der Waals surface area contributed by atoms with Crippen LogP contribution in [0.25, 0.3) is 0 Å². The highest BCUT2D eigenvalue weighted by Gasteiger charge is 2.23. The summed E-state index contributed by atoms with van der Waals surface area (Å²) in [5.41, 5.74) is 1.37. The molecule has 0 aliphatic carbocycles. The molecule has 2 aromatic rings. The average Bonchev–Trinajstić information content (AvgIpc) is 3.17. The summed E-state index contributed by atoms with van der Waals surface area (Å²) in [5, 5.41) is 8.39. The van der Waals surface area contributed by atoms with Crippen molar-refractivity contribution in [3.63, 3.8) is 0 Å². The third-order valence-corrected chi connectivity index (χ3v) is 4.57. The maximum atomic E-state index is 12.3. The van der Waals surface area contributed by atoms with E-state index >= 15 is 0 Å². The van der Waals surface area contributed by atoms with Gasteiger partial charge in [0.25, 0.3) is 5.91 Å². The monoisotopic (exact) mass is 349 g/mol. The Morgan fingerprint density at radius 1 is 1.25 bits per heavy atom. The summed E-state index contributed by atoms with van der Waals surface area (Å²) >= 11 is 1.52. The fourth-order valence-corrected chi connectivity index (χ4v) is 3.02. The van der Waals surface area contributed by atoms with Crippen molar-refractivity contribution in [2.45, 2.75) is 52.1 Å². The quantitative estimate of drug-likeness (QED) is 0.869. The maximum Gasteiger partial charge on any atom is 0.255 e. The molecule has 7 heteroatoms. The number of nitrogens with zero attached hydrogens (tertiary/aromatic N) is 1. The Hall–Kier alpha value is -2.15. The Morgan fingerprint density at radius 3 is 2.50 bits per heavy atom. The van der Waals surface area contributed by atoms with Crippen LogP contribution in [0.5, 0.6) is 0 Å². The fourth-order valence-electron chi connectivity index (χ4n) is 1.97. The predicted molar refractivity (Wildman–Crippen MR) is 93.0 cm³/mol. The van der Waals surface area contributed by atoms with E-state index in [0.717, 1.165) is 10.7 Å². The van der Waals surface area contributed by atoms with Crippen molar-refractivity contribution in [2.24, 2.45) is 0 Å². The summed E-state index contributed by atoms with van der Waals surface area (Å²) in [7, 11) is 0. The van der Waals surface area contributed by atoms with Gasteiger partial charge in [-0.05, 0) is 19.9 Å². The molecule has 0 bridgehead atoms. The molecule has 0 saturated carbocycles. The molecule has 6 nitrogen and oxygen atoms in total. The van der Waals surface area contributed by atoms with Crippen LogP contribution in [0.3, 0.4) is 0 Å². The molecule has 0 fully saturated rings. The van der Waals surface area contributed by atoms with E-state index in [4.69, 9.17) is 4.42 Å². The third kappa shape index (κ3) is 4.44. The first-order valence-corrected chi connectivity index (χ1v) is 8.66. The van der Waals surface area contributed by atoms with Crippen LogP contribution in [0, 0.1) is 0 Å². The maximum absolute atomic E-state index is 12.3. The SMILES string of the molecule is C[C@H](NC(=O)c1ccoc1)C(=O)N[C@@H](C)c1nc(C(C)(C)C)cs1. The largest absolute Gasteiger partial charge is 0.472 e. The van der Waals surface area contributed by atoms with E-state index < -0.39 is 6.04 Å². The molecule has 0 saturated heterocycles. The van der Waals surface area contributed by atoms with Gasteiger partial charge in [-0.25, -0.2) is 4.98 Å². The van der Waals surface area contributed by atoms with Gasteiger partial charge < -0.3 is 15.1 Å². The van der Waals surface area contributed by atoms with Gasteiger partial charge in [-0.1, -0.05) is 20.8 Å². The summed E-state index contributed by atoms with van der Waals surface area (Å²) < 4.78 is 4.86. The van der Waals surface area contributed by atoms with Gasteiger partial charge in [0.1, 0.15) is 17.3 Å². The molecular formula is C17H23N3O3S. The Balaban J connectivity index is 1.93. The number of carbonyl (C=O) groups excluding carboxylic acids is 2. The minimum absolute atomic E-state index is 0.0235. The van der Waals surface area contributed by atoms with E-state index in [9.17, 15) is 9.59 Å². The zero-order valence-corrected chi connectivity index (χ0v) is 15.4.